The van der Waals surface area contributed by atoms with Crippen LogP contribution in [0.15, 0.2) is 12.7 Å². The topological polar surface area (TPSA) is 34.1 Å². The van der Waals surface area contributed by atoms with Crippen molar-refractivity contribution in [3.8, 4) is 0 Å². The van der Waals surface area contributed by atoms with Crippen LogP contribution in [0.3, 0.4) is 0 Å². The van der Waals surface area contributed by atoms with Gasteiger partial charge in [0, 0.05) is 5.92 Å². The van der Waals surface area contributed by atoms with Gasteiger partial charge in [0.05, 0.1) is 0 Å². The van der Waals surface area contributed by atoms with Crippen molar-refractivity contribution < 1.29 is 9.59 Å². The van der Waals surface area contributed by atoms with Crippen LogP contribution in [0.2, 0.25) is 0 Å². The third kappa shape index (κ3) is 2.22. The third-order valence-electron chi connectivity index (χ3n) is 0.953. The van der Waals surface area contributed by atoms with Crippen molar-refractivity contribution in [1.29, 1.82) is 0 Å². The molecule has 0 aromatic carbocycles. The van der Waals surface area contributed by atoms with E-state index in [1.54, 1.807) is 13.8 Å². The quantitative estimate of drug-likeness (QED) is 0.417. The summed E-state index contributed by atoms with van der Waals surface area (Å²) in [6, 6.07) is 0. The van der Waals surface area contributed by atoms with E-state index >= 15 is 0 Å². The Bertz CT molecular complexity index is 145. The number of allylic oxidation sites excluding steroid dienone is 1. The monoisotopic (exact) mass is 126 g/mol. The normalized spacial score (nSPS) is 9.22. The molecule has 0 rings (SSSR count). The lowest BCUT2D eigenvalue weighted by Gasteiger charge is -1.96. The van der Waals surface area contributed by atoms with Crippen molar-refractivity contribution in [3.63, 3.8) is 0 Å². The van der Waals surface area contributed by atoms with E-state index in [1.807, 2.05) is 0 Å². The molecule has 2 heteroatoms. The molecule has 0 fully saturated rings. The highest BCUT2D eigenvalue weighted by atomic mass is 16.2. The zero-order chi connectivity index (χ0) is 7.44. The van der Waals surface area contributed by atoms with Crippen LogP contribution in [0.5, 0.6) is 0 Å². The summed E-state index contributed by atoms with van der Waals surface area (Å²) in [6.45, 7) is 6.56. The van der Waals surface area contributed by atoms with Gasteiger partial charge in [-0.25, -0.2) is 0 Å². The zero-order valence-corrected chi connectivity index (χ0v) is 5.68. The number of carbonyl (C=O) groups excluding carboxylic acids is 2. The lowest BCUT2D eigenvalue weighted by Crippen LogP contribution is -2.16. The minimum atomic E-state index is -0.495. The number of ketones is 2. The molecule has 0 saturated carbocycles. The van der Waals surface area contributed by atoms with Gasteiger partial charge in [-0.05, 0) is 6.08 Å². The van der Waals surface area contributed by atoms with Crippen molar-refractivity contribution in [2.75, 3.05) is 0 Å². The number of hydrogen-bond donors (Lipinski definition) is 0. The van der Waals surface area contributed by atoms with Gasteiger partial charge in [0.1, 0.15) is 0 Å². The Hall–Kier alpha value is -0.920. The van der Waals surface area contributed by atoms with Crippen LogP contribution in [0.1, 0.15) is 13.8 Å². The Kier molecular flexibility index (Phi) is 2.85. The van der Waals surface area contributed by atoms with Gasteiger partial charge in [0.2, 0.25) is 11.6 Å². The summed E-state index contributed by atoms with van der Waals surface area (Å²) < 4.78 is 0. The summed E-state index contributed by atoms with van der Waals surface area (Å²) in [5, 5.41) is 0. The predicted octanol–water partition coefficient (Wildman–Crippen LogP) is 0.967. The van der Waals surface area contributed by atoms with E-state index in [4.69, 9.17) is 0 Å². The number of hydrogen-bond acceptors (Lipinski definition) is 2. The van der Waals surface area contributed by atoms with Crippen LogP contribution in [-0.2, 0) is 9.59 Å². The van der Waals surface area contributed by atoms with E-state index in [9.17, 15) is 9.59 Å². The maximum absolute atomic E-state index is 10.7. The highest BCUT2D eigenvalue weighted by Crippen LogP contribution is 1.94. The molecule has 0 radical (unpaired) electrons. The van der Waals surface area contributed by atoms with Crippen molar-refractivity contribution in [2.45, 2.75) is 13.8 Å². The molecule has 0 heterocycles. The molecule has 0 aliphatic carbocycles. The molecule has 9 heavy (non-hydrogen) atoms. The Morgan fingerprint density at radius 3 is 2.00 bits per heavy atom. The van der Waals surface area contributed by atoms with Crippen molar-refractivity contribution in [3.05, 3.63) is 12.7 Å². The standard InChI is InChI=1S/C7H10O2/c1-4-6(8)7(9)5(2)3/h4-5H,1H2,2-3H3. The van der Waals surface area contributed by atoms with Crippen LogP contribution in [0, 0.1) is 5.92 Å². The molecule has 0 bridgehead atoms. The fourth-order valence-electron chi connectivity index (χ4n) is 0.385. The third-order valence-corrected chi connectivity index (χ3v) is 0.953. The van der Waals surface area contributed by atoms with Crippen LogP contribution < -0.4 is 0 Å². The first-order valence-electron chi connectivity index (χ1n) is 2.80. The molecule has 2 nitrogen and oxygen atoms in total. The van der Waals surface area contributed by atoms with Crippen LogP contribution in [-0.4, -0.2) is 11.6 Å². The molecular weight excluding hydrogens is 116 g/mol. The van der Waals surface area contributed by atoms with Crippen molar-refractivity contribution in [1.82, 2.24) is 0 Å². The summed E-state index contributed by atoms with van der Waals surface area (Å²) in [5.74, 6) is -1.08. The molecule has 50 valence electrons. The first-order chi connectivity index (χ1) is 4.09. The van der Waals surface area contributed by atoms with E-state index in [0.717, 1.165) is 6.08 Å². The Morgan fingerprint density at radius 2 is 1.89 bits per heavy atom. The minimum absolute atomic E-state index is 0.213. The predicted molar refractivity (Wildman–Crippen MR) is 35.0 cm³/mol. The first kappa shape index (κ1) is 8.08. The lowest BCUT2D eigenvalue weighted by atomic mass is 10.1. The van der Waals surface area contributed by atoms with Crippen molar-refractivity contribution >= 4 is 11.6 Å². The Morgan fingerprint density at radius 1 is 1.44 bits per heavy atom. The molecule has 0 aliphatic heterocycles. The molecule has 0 N–H and O–H groups in total. The summed E-state index contributed by atoms with van der Waals surface area (Å²) >= 11 is 0. The maximum Gasteiger partial charge on any atom is 0.221 e. The van der Waals surface area contributed by atoms with E-state index in [1.165, 1.54) is 0 Å². The van der Waals surface area contributed by atoms with Gasteiger partial charge >= 0.3 is 0 Å². The van der Waals surface area contributed by atoms with Gasteiger partial charge in [-0.15, -0.1) is 0 Å². The van der Waals surface area contributed by atoms with E-state index in [0.29, 0.717) is 0 Å². The van der Waals surface area contributed by atoms with E-state index < -0.39 is 5.78 Å². The van der Waals surface area contributed by atoms with Crippen LogP contribution in [0.25, 0.3) is 0 Å². The smallest absolute Gasteiger partial charge is 0.221 e. The van der Waals surface area contributed by atoms with Gasteiger partial charge in [0.25, 0.3) is 0 Å². The Balaban J connectivity index is 4.04. The second kappa shape index (κ2) is 3.17. The van der Waals surface area contributed by atoms with Gasteiger partial charge in [-0.2, -0.15) is 0 Å². The highest BCUT2D eigenvalue weighted by Gasteiger charge is 2.12. The average Bonchev–Trinajstić information content (AvgIpc) is 1.84. The minimum Gasteiger partial charge on any atom is -0.290 e. The molecule has 0 saturated heterocycles. The molecule has 0 spiro atoms. The second-order valence-electron chi connectivity index (χ2n) is 2.09. The van der Waals surface area contributed by atoms with Gasteiger partial charge in [0.15, 0.2) is 0 Å². The van der Waals surface area contributed by atoms with Crippen molar-refractivity contribution in [2.24, 2.45) is 5.92 Å². The van der Waals surface area contributed by atoms with E-state index in [2.05, 4.69) is 6.58 Å². The van der Waals surface area contributed by atoms with Crippen LogP contribution in [0.4, 0.5) is 0 Å². The van der Waals surface area contributed by atoms with E-state index in [-0.39, 0.29) is 11.7 Å². The van der Waals surface area contributed by atoms with Gasteiger partial charge in [-0.1, -0.05) is 20.4 Å². The Labute approximate surface area is 54.6 Å². The van der Waals surface area contributed by atoms with Gasteiger partial charge in [-0.3, -0.25) is 9.59 Å². The van der Waals surface area contributed by atoms with Crippen LogP contribution >= 0.6 is 0 Å². The van der Waals surface area contributed by atoms with Gasteiger partial charge < -0.3 is 0 Å². The molecule has 0 amide bonds. The fourth-order valence-corrected chi connectivity index (χ4v) is 0.385. The number of rotatable bonds is 3. The second-order valence-corrected chi connectivity index (χ2v) is 2.09. The molecule has 0 aromatic heterocycles. The lowest BCUT2D eigenvalue weighted by molar-refractivity contribution is -0.135. The maximum atomic E-state index is 10.7. The molecule has 0 unspecified atom stereocenters. The SMILES string of the molecule is C=CC(=O)C(=O)C(C)C. The summed E-state index contributed by atoms with van der Waals surface area (Å²) in [4.78, 5) is 21.1. The zero-order valence-electron chi connectivity index (χ0n) is 5.68. The largest absolute Gasteiger partial charge is 0.290 e. The molecular formula is C7H10O2. The molecule has 0 aliphatic rings. The average molecular weight is 126 g/mol. The summed E-state index contributed by atoms with van der Waals surface area (Å²) in [5.41, 5.74) is 0. The summed E-state index contributed by atoms with van der Waals surface area (Å²) in [6.07, 6.45) is 1.04. The number of carbonyl (C=O) groups is 2. The molecule has 0 atom stereocenters. The molecule has 0 aromatic rings. The summed E-state index contributed by atoms with van der Waals surface area (Å²) in [7, 11) is 0. The highest BCUT2D eigenvalue weighted by molar-refractivity contribution is 6.41. The first-order valence-corrected chi connectivity index (χ1v) is 2.80. The fraction of sp³-hybridized carbons (Fsp3) is 0.429. The number of Topliss-reactive ketones (excluding diaryl/α,β-unsaturated/α-hetero) is 1.